The maximum Gasteiger partial charge on any atom is 0.317 e. The molecule has 0 radical (unpaired) electrons. The summed E-state index contributed by atoms with van der Waals surface area (Å²) in [6, 6.07) is -0.143. The Bertz CT molecular complexity index is 340. The predicted octanol–water partition coefficient (Wildman–Crippen LogP) is 1.41. The van der Waals surface area contributed by atoms with Gasteiger partial charge in [-0.1, -0.05) is 20.8 Å². The van der Waals surface area contributed by atoms with Crippen LogP contribution in [0.15, 0.2) is 0 Å². The Balaban J connectivity index is 2.38. The summed E-state index contributed by atoms with van der Waals surface area (Å²) in [5.41, 5.74) is 0. The Morgan fingerprint density at radius 1 is 1.35 bits per heavy atom. The van der Waals surface area contributed by atoms with Gasteiger partial charge in [-0.25, -0.2) is 4.79 Å². The number of carboxylic acids is 1. The molecule has 0 aromatic heterocycles. The highest BCUT2D eigenvalue weighted by Crippen LogP contribution is 2.24. The topological polar surface area (TPSA) is 78.9 Å². The first-order chi connectivity index (χ1) is 9.36. The lowest BCUT2D eigenvalue weighted by molar-refractivity contribution is -0.144. The van der Waals surface area contributed by atoms with Crippen molar-refractivity contribution in [2.45, 2.75) is 33.7 Å². The molecular formula is C14H26N2O4. The lowest BCUT2D eigenvalue weighted by Crippen LogP contribution is -2.58. The third-order valence-electron chi connectivity index (χ3n) is 3.91. The predicted molar refractivity (Wildman–Crippen MR) is 75.5 cm³/mol. The van der Waals surface area contributed by atoms with Crippen molar-refractivity contribution in [3.05, 3.63) is 0 Å². The van der Waals surface area contributed by atoms with Gasteiger partial charge in [0.25, 0.3) is 0 Å². The van der Waals surface area contributed by atoms with Crippen molar-refractivity contribution in [2.75, 3.05) is 26.3 Å². The number of carbonyl (C=O) groups excluding carboxylic acids is 1. The van der Waals surface area contributed by atoms with E-state index in [1.54, 1.807) is 11.8 Å². The summed E-state index contributed by atoms with van der Waals surface area (Å²) in [5, 5.41) is 11.9. The summed E-state index contributed by atoms with van der Waals surface area (Å²) in [4.78, 5) is 24.6. The number of nitrogens with zero attached hydrogens (tertiary/aromatic N) is 1. The molecule has 0 aliphatic carbocycles. The van der Waals surface area contributed by atoms with Crippen LogP contribution >= 0.6 is 0 Å². The molecule has 1 aliphatic rings. The quantitative estimate of drug-likeness (QED) is 0.741. The van der Waals surface area contributed by atoms with E-state index in [1.807, 2.05) is 20.8 Å². The summed E-state index contributed by atoms with van der Waals surface area (Å²) in [6.45, 7) is 9.84. The Hall–Kier alpha value is -1.30. The average molecular weight is 286 g/mol. The molecule has 0 spiro atoms. The number of carbonyl (C=O) groups is 2. The Morgan fingerprint density at radius 2 is 1.95 bits per heavy atom. The largest absolute Gasteiger partial charge is 0.481 e. The van der Waals surface area contributed by atoms with Gasteiger partial charge >= 0.3 is 12.0 Å². The van der Waals surface area contributed by atoms with Crippen molar-refractivity contribution in [3.63, 3.8) is 0 Å². The fraction of sp³-hybridized carbons (Fsp3) is 0.857. The van der Waals surface area contributed by atoms with Gasteiger partial charge in [0, 0.05) is 25.6 Å². The number of rotatable bonds is 7. The van der Waals surface area contributed by atoms with Gasteiger partial charge in [0.05, 0.1) is 18.6 Å². The highest BCUT2D eigenvalue weighted by molar-refractivity contribution is 5.76. The zero-order chi connectivity index (χ0) is 15.3. The minimum atomic E-state index is -0.800. The van der Waals surface area contributed by atoms with Crippen LogP contribution < -0.4 is 5.32 Å². The molecule has 2 unspecified atom stereocenters. The van der Waals surface area contributed by atoms with Crippen molar-refractivity contribution < 1.29 is 19.4 Å². The molecule has 1 fully saturated rings. The second-order valence-corrected chi connectivity index (χ2v) is 5.75. The fourth-order valence-corrected chi connectivity index (χ4v) is 2.09. The number of nitrogens with one attached hydrogen (secondary N) is 1. The third-order valence-corrected chi connectivity index (χ3v) is 3.91. The number of aliphatic carboxylic acids is 1. The summed E-state index contributed by atoms with van der Waals surface area (Å²) in [5.74, 6) is -0.849. The van der Waals surface area contributed by atoms with Gasteiger partial charge in [-0.15, -0.1) is 0 Å². The lowest BCUT2D eigenvalue weighted by atomic mass is 9.87. The van der Waals surface area contributed by atoms with Crippen LogP contribution in [0.5, 0.6) is 0 Å². The summed E-state index contributed by atoms with van der Waals surface area (Å²) in [7, 11) is 0. The van der Waals surface area contributed by atoms with Crippen LogP contribution in [0.2, 0.25) is 0 Å². The fourth-order valence-electron chi connectivity index (χ4n) is 2.09. The smallest absolute Gasteiger partial charge is 0.317 e. The van der Waals surface area contributed by atoms with Gasteiger partial charge in [-0.2, -0.15) is 0 Å². The first-order valence-corrected chi connectivity index (χ1v) is 7.22. The van der Waals surface area contributed by atoms with Crippen LogP contribution in [-0.4, -0.2) is 54.4 Å². The number of urea groups is 1. The molecule has 1 saturated heterocycles. The van der Waals surface area contributed by atoms with Gasteiger partial charge in [0.1, 0.15) is 0 Å². The SMILES string of the molecule is CCOCC(NC(=O)N1CC(C(C)C(=O)O)C1)C(C)C. The monoisotopic (exact) mass is 286 g/mol. The number of carboxylic acid groups (broad SMARTS) is 1. The van der Waals surface area contributed by atoms with Crippen LogP contribution in [0.4, 0.5) is 4.79 Å². The molecule has 1 aliphatic heterocycles. The number of ether oxygens (including phenoxy) is 1. The Kier molecular flexibility index (Phi) is 6.26. The maximum atomic E-state index is 12.1. The van der Waals surface area contributed by atoms with E-state index >= 15 is 0 Å². The molecule has 1 rings (SSSR count). The minimum absolute atomic E-state index is 0.0154. The molecule has 6 nitrogen and oxygen atoms in total. The normalized spacial score (nSPS) is 18.6. The van der Waals surface area contributed by atoms with E-state index in [0.717, 1.165) is 0 Å². The molecule has 0 aromatic carbocycles. The standard InChI is InChI=1S/C14H26N2O4/c1-5-20-8-12(9(2)3)15-14(19)16-6-11(7-16)10(4)13(17)18/h9-12H,5-8H2,1-4H3,(H,15,19)(H,17,18). The van der Waals surface area contributed by atoms with Crippen LogP contribution in [0.3, 0.4) is 0 Å². The van der Waals surface area contributed by atoms with E-state index in [4.69, 9.17) is 9.84 Å². The van der Waals surface area contributed by atoms with E-state index in [-0.39, 0.29) is 18.0 Å². The first-order valence-electron chi connectivity index (χ1n) is 7.22. The van der Waals surface area contributed by atoms with Crippen LogP contribution in [0, 0.1) is 17.8 Å². The molecule has 6 heteroatoms. The Labute approximate surface area is 120 Å². The van der Waals surface area contributed by atoms with Gasteiger partial charge in [0.2, 0.25) is 0 Å². The van der Waals surface area contributed by atoms with E-state index in [9.17, 15) is 9.59 Å². The molecule has 0 aromatic rings. The molecule has 0 bridgehead atoms. The minimum Gasteiger partial charge on any atom is -0.481 e. The molecule has 20 heavy (non-hydrogen) atoms. The average Bonchev–Trinajstić information content (AvgIpc) is 2.31. The van der Waals surface area contributed by atoms with E-state index in [1.165, 1.54) is 0 Å². The second-order valence-electron chi connectivity index (χ2n) is 5.75. The Morgan fingerprint density at radius 3 is 2.40 bits per heavy atom. The zero-order valence-electron chi connectivity index (χ0n) is 12.8. The molecule has 2 atom stereocenters. The molecular weight excluding hydrogens is 260 g/mol. The number of amides is 2. The van der Waals surface area contributed by atoms with Crippen molar-refractivity contribution in [1.29, 1.82) is 0 Å². The molecule has 116 valence electrons. The number of hydrogen-bond donors (Lipinski definition) is 2. The third kappa shape index (κ3) is 4.37. The summed E-state index contributed by atoms with van der Waals surface area (Å²) >= 11 is 0. The highest BCUT2D eigenvalue weighted by Gasteiger charge is 2.37. The van der Waals surface area contributed by atoms with Gasteiger partial charge in [-0.3, -0.25) is 4.79 Å². The van der Waals surface area contributed by atoms with Gasteiger partial charge in [0.15, 0.2) is 0 Å². The first kappa shape index (κ1) is 16.8. The summed E-state index contributed by atoms with van der Waals surface area (Å²) < 4.78 is 5.37. The van der Waals surface area contributed by atoms with E-state index in [0.29, 0.717) is 32.2 Å². The highest BCUT2D eigenvalue weighted by atomic mass is 16.5. The molecule has 0 saturated carbocycles. The zero-order valence-corrected chi connectivity index (χ0v) is 12.8. The van der Waals surface area contributed by atoms with E-state index in [2.05, 4.69) is 5.32 Å². The molecule has 1 heterocycles. The van der Waals surface area contributed by atoms with Crippen LogP contribution in [-0.2, 0) is 9.53 Å². The van der Waals surface area contributed by atoms with Crippen LogP contribution in [0.25, 0.3) is 0 Å². The van der Waals surface area contributed by atoms with Gasteiger partial charge < -0.3 is 20.1 Å². The van der Waals surface area contributed by atoms with Crippen molar-refractivity contribution in [2.24, 2.45) is 17.8 Å². The number of hydrogen-bond acceptors (Lipinski definition) is 3. The van der Waals surface area contributed by atoms with Crippen molar-refractivity contribution in [3.8, 4) is 0 Å². The van der Waals surface area contributed by atoms with Crippen molar-refractivity contribution in [1.82, 2.24) is 10.2 Å². The second kappa shape index (κ2) is 7.47. The van der Waals surface area contributed by atoms with Crippen LogP contribution in [0.1, 0.15) is 27.7 Å². The lowest BCUT2D eigenvalue weighted by Gasteiger charge is -2.42. The van der Waals surface area contributed by atoms with Crippen molar-refractivity contribution >= 4 is 12.0 Å². The molecule has 2 amide bonds. The van der Waals surface area contributed by atoms with Gasteiger partial charge in [-0.05, 0) is 12.8 Å². The summed E-state index contributed by atoms with van der Waals surface area (Å²) in [6.07, 6.45) is 0. The number of likely N-dealkylation sites (tertiary alicyclic amines) is 1. The maximum absolute atomic E-state index is 12.1. The molecule has 2 N–H and O–H groups in total. The van der Waals surface area contributed by atoms with E-state index < -0.39 is 11.9 Å².